The third-order valence-corrected chi connectivity index (χ3v) is 3.08. The SMILES string of the molecule is NC(N)=NC(N)=NCc1ccc2c(c1)CCCC2. The fourth-order valence-corrected chi connectivity index (χ4v) is 2.23. The lowest BCUT2D eigenvalue weighted by Crippen LogP contribution is -2.26. The smallest absolute Gasteiger partial charge is 0.218 e. The lowest BCUT2D eigenvalue weighted by atomic mass is 9.90. The second-order valence-electron chi connectivity index (χ2n) is 4.52. The molecule has 5 heteroatoms. The number of fused-ring (bicyclic) bond motifs is 1. The van der Waals surface area contributed by atoms with E-state index in [2.05, 4.69) is 28.2 Å². The average molecular weight is 245 g/mol. The summed E-state index contributed by atoms with van der Waals surface area (Å²) in [5.41, 5.74) is 20.0. The third kappa shape index (κ3) is 3.23. The Labute approximate surface area is 107 Å². The number of guanidine groups is 2. The lowest BCUT2D eigenvalue weighted by molar-refractivity contribution is 0.684. The molecular formula is C13H19N5. The Morgan fingerprint density at radius 2 is 1.78 bits per heavy atom. The van der Waals surface area contributed by atoms with E-state index in [9.17, 15) is 0 Å². The minimum absolute atomic E-state index is 0.0679. The highest BCUT2D eigenvalue weighted by atomic mass is 15.1. The van der Waals surface area contributed by atoms with Gasteiger partial charge in [-0.05, 0) is 42.4 Å². The summed E-state index contributed by atoms with van der Waals surface area (Å²) in [5, 5.41) is 0. The Kier molecular flexibility index (Phi) is 3.82. The van der Waals surface area contributed by atoms with Crippen LogP contribution >= 0.6 is 0 Å². The molecule has 1 aliphatic carbocycles. The molecule has 96 valence electrons. The molecule has 5 nitrogen and oxygen atoms in total. The molecule has 0 saturated heterocycles. The first-order chi connectivity index (χ1) is 8.65. The number of hydrogen-bond donors (Lipinski definition) is 3. The number of benzene rings is 1. The minimum atomic E-state index is -0.0679. The van der Waals surface area contributed by atoms with Crippen molar-refractivity contribution in [1.29, 1.82) is 0 Å². The van der Waals surface area contributed by atoms with Gasteiger partial charge in [0.25, 0.3) is 0 Å². The summed E-state index contributed by atoms with van der Waals surface area (Å²) in [6.45, 7) is 0.510. The van der Waals surface area contributed by atoms with Gasteiger partial charge >= 0.3 is 0 Å². The summed E-state index contributed by atoms with van der Waals surface area (Å²) in [4.78, 5) is 7.81. The molecule has 0 amide bonds. The van der Waals surface area contributed by atoms with E-state index in [1.165, 1.54) is 30.4 Å². The van der Waals surface area contributed by atoms with E-state index < -0.39 is 0 Å². The van der Waals surface area contributed by atoms with Crippen molar-refractivity contribution in [2.24, 2.45) is 27.2 Å². The molecule has 0 heterocycles. The van der Waals surface area contributed by atoms with Crippen molar-refractivity contribution in [3.05, 3.63) is 34.9 Å². The lowest BCUT2D eigenvalue weighted by Gasteiger charge is -2.16. The number of rotatable bonds is 2. The van der Waals surface area contributed by atoms with E-state index in [1.807, 2.05) is 0 Å². The summed E-state index contributed by atoms with van der Waals surface area (Å²) < 4.78 is 0. The largest absolute Gasteiger partial charge is 0.370 e. The minimum Gasteiger partial charge on any atom is -0.370 e. The maximum absolute atomic E-state index is 5.56. The predicted molar refractivity (Wildman–Crippen MR) is 74.2 cm³/mol. The van der Waals surface area contributed by atoms with E-state index in [0.717, 1.165) is 12.0 Å². The zero-order chi connectivity index (χ0) is 13.0. The molecule has 0 aliphatic heterocycles. The van der Waals surface area contributed by atoms with Crippen molar-refractivity contribution in [1.82, 2.24) is 0 Å². The molecule has 18 heavy (non-hydrogen) atoms. The van der Waals surface area contributed by atoms with Gasteiger partial charge in [0.1, 0.15) is 0 Å². The molecule has 0 unspecified atom stereocenters. The van der Waals surface area contributed by atoms with E-state index in [-0.39, 0.29) is 11.9 Å². The molecule has 0 radical (unpaired) electrons. The van der Waals surface area contributed by atoms with Crippen molar-refractivity contribution in [2.75, 3.05) is 0 Å². The van der Waals surface area contributed by atoms with Crippen LogP contribution in [0.25, 0.3) is 0 Å². The highest BCUT2D eigenvalue weighted by molar-refractivity contribution is 5.92. The average Bonchev–Trinajstić information content (AvgIpc) is 2.35. The normalized spacial score (nSPS) is 15.0. The van der Waals surface area contributed by atoms with Gasteiger partial charge in [-0.1, -0.05) is 18.2 Å². The second kappa shape index (κ2) is 5.53. The van der Waals surface area contributed by atoms with Crippen molar-refractivity contribution >= 4 is 11.9 Å². The zero-order valence-electron chi connectivity index (χ0n) is 10.4. The third-order valence-electron chi connectivity index (χ3n) is 3.08. The van der Waals surface area contributed by atoms with Crippen molar-refractivity contribution in [2.45, 2.75) is 32.2 Å². The summed E-state index contributed by atoms with van der Waals surface area (Å²) >= 11 is 0. The molecule has 0 saturated carbocycles. The molecule has 0 atom stereocenters. The Bertz CT molecular complexity index is 486. The number of nitrogens with zero attached hydrogens (tertiary/aromatic N) is 2. The quantitative estimate of drug-likeness (QED) is 0.526. The van der Waals surface area contributed by atoms with Gasteiger partial charge in [0, 0.05) is 0 Å². The van der Waals surface area contributed by atoms with E-state index >= 15 is 0 Å². The topological polar surface area (TPSA) is 103 Å². The maximum Gasteiger partial charge on any atom is 0.218 e. The Morgan fingerprint density at radius 3 is 2.50 bits per heavy atom. The molecule has 0 spiro atoms. The molecular weight excluding hydrogens is 226 g/mol. The first-order valence-corrected chi connectivity index (χ1v) is 6.15. The molecule has 1 aliphatic rings. The van der Waals surface area contributed by atoms with E-state index in [4.69, 9.17) is 17.2 Å². The molecule has 1 aromatic carbocycles. The van der Waals surface area contributed by atoms with Crippen LogP contribution in [0.1, 0.15) is 29.5 Å². The fraction of sp³-hybridized carbons (Fsp3) is 0.385. The van der Waals surface area contributed by atoms with Crippen LogP contribution in [0.2, 0.25) is 0 Å². The van der Waals surface area contributed by atoms with Gasteiger partial charge in [-0.2, -0.15) is 4.99 Å². The van der Waals surface area contributed by atoms with Crippen LogP contribution in [0.15, 0.2) is 28.2 Å². The van der Waals surface area contributed by atoms with Crippen LogP contribution in [0.5, 0.6) is 0 Å². The van der Waals surface area contributed by atoms with Crippen molar-refractivity contribution < 1.29 is 0 Å². The molecule has 1 aromatic rings. The standard InChI is InChI=1S/C13H19N5/c14-12(15)18-13(16)17-8-9-5-6-10-3-1-2-4-11(10)7-9/h5-7H,1-4,8H2,(H6,14,15,16,17,18). The van der Waals surface area contributed by atoms with Gasteiger partial charge in [0.2, 0.25) is 5.96 Å². The van der Waals surface area contributed by atoms with Crippen LogP contribution in [-0.4, -0.2) is 11.9 Å². The van der Waals surface area contributed by atoms with Crippen LogP contribution in [-0.2, 0) is 19.4 Å². The van der Waals surface area contributed by atoms with Crippen LogP contribution in [0.4, 0.5) is 0 Å². The Hall–Kier alpha value is -2.04. The maximum atomic E-state index is 5.56. The molecule has 0 fully saturated rings. The molecule has 0 bridgehead atoms. The predicted octanol–water partition coefficient (Wildman–Crippen LogP) is 0.654. The van der Waals surface area contributed by atoms with Crippen LogP contribution < -0.4 is 17.2 Å². The van der Waals surface area contributed by atoms with Crippen molar-refractivity contribution in [3.8, 4) is 0 Å². The molecule has 6 N–H and O–H groups in total. The van der Waals surface area contributed by atoms with Gasteiger partial charge in [-0.25, -0.2) is 4.99 Å². The first-order valence-electron chi connectivity index (χ1n) is 6.15. The molecule has 0 aromatic heterocycles. The van der Waals surface area contributed by atoms with Gasteiger partial charge in [-0.3, -0.25) is 0 Å². The summed E-state index contributed by atoms with van der Waals surface area (Å²) in [6.07, 6.45) is 4.92. The highest BCUT2D eigenvalue weighted by Gasteiger charge is 2.09. The number of nitrogens with two attached hydrogens (primary N) is 3. The number of hydrogen-bond acceptors (Lipinski definition) is 1. The van der Waals surface area contributed by atoms with Crippen LogP contribution in [0, 0.1) is 0 Å². The highest BCUT2D eigenvalue weighted by Crippen LogP contribution is 2.22. The van der Waals surface area contributed by atoms with Gasteiger partial charge < -0.3 is 17.2 Å². The van der Waals surface area contributed by atoms with E-state index in [0.29, 0.717) is 6.54 Å². The first kappa shape index (κ1) is 12.4. The summed E-state index contributed by atoms with van der Waals surface area (Å²) in [6, 6.07) is 6.49. The fourth-order valence-electron chi connectivity index (χ4n) is 2.23. The second-order valence-corrected chi connectivity index (χ2v) is 4.52. The Morgan fingerprint density at radius 1 is 1.06 bits per heavy atom. The zero-order valence-corrected chi connectivity index (χ0v) is 10.4. The van der Waals surface area contributed by atoms with Gasteiger partial charge in [-0.15, -0.1) is 0 Å². The monoisotopic (exact) mass is 245 g/mol. The van der Waals surface area contributed by atoms with E-state index in [1.54, 1.807) is 0 Å². The van der Waals surface area contributed by atoms with Gasteiger partial charge in [0.15, 0.2) is 5.96 Å². The Balaban J connectivity index is 2.08. The van der Waals surface area contributed by atoms with Crippen LogP contribution in [0.3, 0.4) is 0 Å². The number of aryl methyl sites for hydroxylation is 2. The summed E-state index contributed by atoms with van der Waals surface area (Å²) in [5.74, 6) is 0.0504. The molecule has 2 rings (SSSR count). The number of aliphatic imine (C=N–C) groups is 2. The summed E-state index contributed by atoms with van der Waals surface area (Å²) in [7, 11) is 0. The van der Waals surface area contributed by atoms with Gasteiger partial charge in [0.05, 0.1) is 6.54 Å². The van der Waals surface area contributed by atoms with Crippen molar-refractivity contribution in [3.63, 3.8) is 0 Å².